The van der Waals surface area contributed by atoms with E-state index in [1.54, 1.807) is 37.4 Å². The number of pyridine rings is 1. The molecule has 1 aromatic carbocycles. The third-order valence-corrected chi connectivity index (χ3v) is 4.06. The Bertz CT molecular complexity index is 1000. The van der Waals surface area contributed by atoms with E-state index in [9.17, 15) is 4.79 Å². The van der Waals surface area contributed by atoms with E-state index in [1.807, 2.05) is 20.8 Å². The molecule has 3 aromatic rings. The molecule has 0 bridgehead atoms. The first kappa shape index (κ1) is 19.8. The Labute approximate surface area is 167 Å². The number of carbonyl (C=O) groups is 1. The number of benzene rings is 1. The van der Waals surface area contributed by atoms with Gasteiger partial charge in [0.2, 0.25) is 11.7 Å². The van der Waals surface area contributed by atoms with E-state index < -0.39 is 0 Å². The molecule has 0 fully saturated rings. The molecule has 0 atom stereocenters. The summed E-state index contributed by atoms with van der Waals surface area (Å²) in [6.07, 6.45) is 1.85. The summed E-state index contributed by atoms with van der Waals surface area (Å²) in [5, 5.41) is 4.40. The number of aryl methyl sites for hydroxylation is 1. The number of aromatic nitrogens is 3. The third-order valence-electron chi connectivity index (χ3n) is 3.79. The van der Waals surface area contributed by atoms with E-state index in [0.29, 0.717) is 40.4 Å². The second kappa shape index (κ2) is 8.39. The first-order chi connectivity index (χ1) is 13.4. The highest BCUT2D eigenvalue weighted by Gasteiger charge is 2.16. The Hall–Kier alpha value is -2.93. The fraction of sp³-hybridized carbons (Fsp3) is 0.300. The summed E-state index contributed by atoms with van der Waals surface area (Å²) in [5.41, 5.74) is 2.21. The molecule has 0 aliphatic heterocycles. The van der Waals surface area contributed by atoms with Gasteiger partial charge in [-0.3, -0.25) is 4.79 Å². The lowest BCUT2D eigenvalue weighted by molar-refractivity contribution is -0.134. The summed E-state index contributed by atoms with van der Waals surface area (Å²) in [6, 6.07) is 6.91. The molecule has 0 aliphatic rings. The maximum Gasteiger partial charge on any atom is 0.310 e. The molecule has 0 spiro atoms. The number of carbonyl (C=O) groups excluding carboxylic acids is 1. The van der Waals surface area contributed by atoms with Crippen LogP contribution in [0.25, 0.3) is 22.8 Å². The Balaban J connectivity index is 1.84. The number of esters is 1. The van der Waals surface area contributed by atoms with Crippen LogP contribution in [0.1, 0.15) is 32.8 Å². The summed E-state index contributed by atoms with van der Waals surface area (Å²) in [4.78, 5) is 20.1. The van der Waals surface area contributed by atoms with E-state index in [4.69, 9.17) is 25.6 Å². The Kier molecular flexibility index (Phi) is 5.94. The van der Waals surface area contributed by atoms with Crippen LogP contribution in [0.2, 0.25) is 5.02 Å². The summed E-state index contributed by atoms with van der Waals surface area (Å²) >= 11 is 6.22. The van der Waals surface area contributed by atoms with Crippen molar-refractivity contribution in [2.24, 2.45) is 0 Å². The van der Waals surface area contributed by atoms with Crippen LogP contribution in [0.4, 0.5) is 0 Å². The molecule has 8 heteroatoms. The molecule has 0 amide bonds. The number of rotatable bonds is 6. The van der Waals surface area contributed by atoms with E-state index >= 15 is 0 Å². The van der Waals surface area contributed by atoms with Gasteiger partial charge in [-0.1, -0.05) is 23.7 Å². The highest BCUT2D eigenvalue weighted by molar-refractivity contribution is 6.32. The predicted octanol–water partition coefficient (Wildman–Crippen LogP) is 4.86. The minimum atomic E-state index is -0.289. The summed E-state index contributed by atoms with van der Waals surface area (Å²) < 4.78 is 16.1. The van der Waals surface area contributed by atoms with Gasteiger partial charge in [0.05, 0.1) is 11.7 Å². The molecule has 0 N–H and O–H groups in total. The van der Waals surface area contributed by atoms with Crippen molar-refractivity contribution >= 4 is 17.6 Å². The van der Waals surface area contributed by atoms with Crippen LogP contribution in [0.15, 0.2) is 35.0 Å². The lowest BCUT2D eigenvalue weighted by Crippen LogP contribution is -2.07. The molecule has 0 saturated heterocycles. The van der Waals surface area contributed by atoms with Gasteiger partial charge in [-0.2, -0.15) is 4.98 Å². The van der Waals surface area contributed by atoms with Crippen LogP contribution >= 0.6 is 11.6 Å². The minimum absolute atomic E-state index is 0.0339. The standard InChI is InChI=1S/C20H20ClN3O4/c1-5-17(25)27-14-6-7-15(12(4)8-14)18-23-19(28-24-18)13-9-16(21)20(22-10-13)26-11(2)3/h6-11H,5H2,1-4H3. The summed E-state index contributed by atoms with van der Waals surface area (Å²) in [7, 11) is 0. The zero-order valence-electron chi connectivity index (χ0n) is 16.0. The second-order valence-corrected chi connectivity index (χ2v) is 6.81. The quantitative estimate of drug-likeness (QED) is 0.430. The molecule has 28 heavy (non-hydrogen) atoms. The van der Waals surface area contributed by atoms with Crippen molar-refractivity contribution in [1.82, 2.24) is 15.1 Å². The Morgan fingerprint density at radius 3 is 2.71 bits per heavy atom. The zero-order chi connectivity index (χ0) is 20.3. The highest BCUT2D eigenvalue weighted by atomic mass is 35.5. The Morgan fingerprint density at radius 1 is 1.29 bits per heavy atom. The van der Waals surface area contributed by atoms with Gasteiger partial charge in [0.1, 0.15) is 10.8 Å². The lowest BCUT2D eigenvalue weighted by atomic mass is 10.1. The van der Waals surface area contributed by atoms with Gasteiger partial charge in [0.15, 0.2) is 0 Å². The van der Waals surface area contributed by atoms with Gasteiger partial charge in [0, 0.05) is 18.2 Å². The number of halogens is 1. The van der Waals surface area contributed by atoms with E-state index in [1.165, 1.54) is 0 Å². The molecule has 146 valence electrons. The van der Waals surface area contributed by atoms with E-state index in [2.05, 4.69) is 15.1 Å². The normalized spacial score (nSPS) is 10.9. The van der Waals surface area contributed by atoms with Gasteiger partial charge in [-0.05, 0) is 50.6 Å². The monoisotopic (exact) mass is 401 g/mol. The number of nitrogens with zero attached hydrogens (tertiary/aromatic N) is 3. The smallest absolute Gasteiger partial charge is 0.310 e. The molecule has 2 heterocycles. The molecule has 0 radical (unpaired) electrons. The van der Waals surface area contributed by atoms with E-state index in [-0.39, 0.29) is 12.1 Å². The number of ether oxygens (including phenoxy) is 2. The first-order valence-corrected chi connectivity index (χ1v) is 9.23. The third kappa shape index (κ3) is 4.48. The van der Waals surface area contributed by atoms with E-state index in [0.717, 1.165) is 11.1 Å². The van der Waals surface area contributed by atoms with Gasteiger partial charge in [-0.15, -0.1) is 0 Å². The number of hydrogen-bond acceptors (Lipinski definition) is 7. The second-order valence-electron chi connectivity index (χ2n) is 6.41. The average Bonchev–Trinajstić information content (AvgIpc) is 3.13. The average molecular weight is 402 g/mol. The van der Waals surface area contributed by atoms with Crippen molar-refractivity contribution in [2.75, 3.05) is 0 Å². The van der Waals surface area contributed by atoms with Crippen LogP contribution in [-0.2, 0) is 4.79 Å². The van der Waals surface area contributed by atoms with Crippen molar-refractivity contribution in [3.63, 3.8) is 0 Å². The topological polar surface area (TPSA) is 87.3 Å². The molecular formula is C20H20ClN3O4. The highest BCUT2D eigenvalue weighted by Crippen LogP contribution is 2.30. The fourth-order valence-electron chi connectivity index (χ4n) is 2.46. The molecule has 7 nitrogen and oxygen atoms in total. The maximum atomic E-state index is 11.4. The fourth-order valence-corrected chi connectivity index (χ4v) is 2.67. The molecular weight excluding hydrogens is 382 g/mol. The molecule has 0 unspecified atom stereocenters. The molecule has 3 rings (SSSR count). The maximum absolute atomic E-state index is 11.4. The summed E-state index contributed by atoms with van der Waals surface area (Å²) in [6.45, 7) is 7.41. The SMILES string of the molecule is CCC(=O)Oc1ccc(-c2noc(-c3cnc(OC(C)C)c(Cl)c3)n2)c(C)c1. The van der Waals surface area contributed by atoms with Crippen LogP contribution in [0.3, 0.4) is 0 Å². The Morgan fingerprint density at radius 2 is 2.07 bits per heavy atom. The van der Waals surface area contributed by atoms with Gasteiger partial charge in [-0.25, -0.2) is 4.98 Å². The minimum Gasteiger partial charge on any atom is -0.474 e. The van der Waals surface area contributed by atoms with Crippen molar-refractivity contribution in [1.29, 1.82) is 0 Å². The lowest BCUT2D eigenvalue weighted by Gasteiger charge is -2.09. The van der Waals surface area contributed by atoms with Crippen molar-refractivity contribution in [2.45, 2.75) is 40.2 Å². The molecule has 0 saturated carbocycles. The van der Waals surface area contributed by atoms with Crippen LogP contribution in [0, 0.1) is 6.92 Å². The van der Waals surface area contributed by atoms with Gasteiger partial charge >= 0.3 is 5.97 Å². The molecule has 0 aliphatic carbocycles. The van der Waals surface area contributed by atoms with Crippen LogP contribution in [-0.4, -0.2) is 27.2 Å². The van der Waals surface area contributed by atoms with Crippen molar-refractivity contribution < 1.29 is 18.8 Å². The van der Waals surface area contributed by atoms with Crippen LogP contribution in [0.5, 0.6) is 11.6 Å². The molecule has 2 aromatic heterocycles. The summed E-state index contributed by atoms with van der Waals surface area (Å²) in [5.74, 6) is 1.26. The largest absolute Gasteiger partial charge is 0.474 e. The van der Waals surface area contributed by atoms with Gasteiger partial charge in [0.25, 0.3) is 5.89 Å². The predicted molar refractivity (Wildman–Crippen MR) is 104 cm³/mol. The van der Waals surface area contributed by atoms with Crippen molar-refractivity contribution in [3.8, 4) is 34.5 Å². The van der Waals surface area contributed by atoms with Crippen molar-refractivity contribution in [3.05, 3.63) is 41.0 Å². The first-order valence-electron chi connectivity index (χ1n) is 8.85. The van der Waals surface area contributed by atoms with Gasteiger partial charge < -0.3 is 14.0 Å². The van der Waals surface area contributed by atoms with Crippen LogP contribution < -0.4 is 9.47 Å². The zero-order valence-corrected chi connectivity index (χ0v) is 16.8. The number of hydrogen-bond donors (Lipinski definition) is 0.